The SMILES string of the molecule is CN(C)c1cccc(C(=O)NNC(=O)c2cccc(NS(C)(=O)=O)c2)c1. The summed E-state index contributed by atoms with van der Waals surface area (Å²) in [6.07, 6.45) is 1.02. The van der Waals surface area contributed by atoms with E-state index < -0.39 is 21.8 Å². The molecule has 0 radical (unpaired) electrons. The minimum absolute atomic E-state index is 0.195. The van der Waals surface area contributed by atoms with E-state index in [4.69, 9.17) is 0 Å². The Labute approximate surface area is 152 Å². The highest BCUT2D eigenvalue weighted by atomic mass is 32.2. The van der Waals surface area contributed by atoms with Crippen LogP contribution in [0.3, 0.4) is 0 Å². The lowest BCUT2D eigenvalue weighted by Gasteiger charge is -2.14. The number of anilines is 2. The topological polar surface area (TPSA) is 108 Å². The largest absolute Gasteiger partial charge is 0.378 e. The van der Waals surface area contributed by atoms with Gasteiger partial charge in [-0.05, 0) is 36.4 Å². The van der Waals surface area contributed by atoms with E-state index in [1.165, 1.54) is 24.3 Å². The molecule has 0 bridgehead atoms. The van der Waals surface area contributed by atoms with Gasteiger partial charge in [-0.3, -0.25) is 25.2 Å². The molecule has 2 amide bonds. The molecule has 2 rings (SSSR count). The summed E-state index contributed by atoms with van der Waals surface area (Å²) in [5.74, 6) is -1.04. The first-order chi connectivity index (χ1) is 12.2. The van der Waals surface area contributed by atoms with Crippen molar-refractivity contribution in [3.63, 3.8) is 0 Å². The number of hydrogen-bond donors (Lipinski definition) is 3. The normalized spacial score (nSPS) is 10.7. The molecule has 0 saturated heterocycles. The summed E-state index contributed by atoms with van der Waals surface area (Å²) in [4.78, 5) is 26.2. The number of hydrazine groups is 1. The van der Waals surface area contributed by atoms with Gasteiger partial charge in [0.1, 0.15) is 0 Å². The van der Waals surface area contributed by atoms with E-state index in [-0.39, 0.29) is 11.3 Å². The van der Waals surface area contributed by atoms with Crippen molar-refractivity contribution >= 4 is 33.2 Å². The van der Waals surface area contributed by atoms with Crippen LogP contribution in [0.2, 0.25) is 0 Å². The number of nitrogens with zero attached hydrogens (tertiary/aromatic N) is 1. The number of hydrogen-bond acceptors (Lipinski definition) is 5. The zero-order valence-electron chi connectivity index (χ0n) is 14.6. The van der Waals surface area contributed by atoms with Gasteiger partial charge < -0.3 is 4.90 Å². The lowest BCUT2D eigenvalue weighted by Crippen LogP contribution is -2.41. The average Bonchev–Trinajstić information content (AvgIpc) is 2.58. The molecule has 26 heavy (non-hydrogen) atoms. The maximum atomic E-state index is 12.2. The lowest BCUT2D eigenvalue weighted by molar-refractivity contribution is 0.0847. The third-order valence-corrected chi connectivity index (χ3v) is 3.95. The Hall–Kier alpha value is -3.07. The third-order valence-electron chi connectivity index (χ3n) is 3.34. The Morgan fingerprint density at radius 3 is 1.96 bits per heavy atom. The Balaban J connectivity index is 2.03. The van der Waals surface area contributed by atoms with Crippen LogP contribution >= 0.6 is 0 Å². The fourth-order valence-corrected chi connectivity index (χ4v) is 2.68. The number of nitrogens with one attached hydrogen (secondary N) is 3. The van der Waals surface area contributed by atoms with E-state index in [1.54, 1.807) is 18.2 Å². The molecular weight excluding hydrogens is 356 g/mol. The molecule has 8 nitrogen and oxygen atoms in total. The zero-order chi connectivity index (χ0) is 19.3. The summed E-state index contributed by atoms with van der Waals surface area (Å²) in [6, 6.07) is 12.8. The van der Waals surface area contributed by atoms with Gasteiger partial charge in [-0.1, -0.05) is 12.1 Å². The molecule has 0 atom stereocenters. The van der Waals surface area contributed by atoms with Crippen LogP contribution in [0.15, 0.2) is 48.5 Å². The monoisotopic (exact) mass is 376 g/mol. The molecule has 0 aliphatic carbocycles. The van der Waals surface area contributed by atoms with Crippen LogP contribution in [0.25, 0.3) is 0 Å². The Bertz CT molecular complexity index is 926. The number of benzene rings is 2. The molecule has 0 spiro atoms. The molecule has 0 aromatic heterocycles. The highest BCUT2D eigenvalue weighted by Gasteiger charge is 2.11. The minimum Gasteiger partial charge on any atom is -0.378 e. The first-order valence-electron chi connectivity index (χ1n) is 7.61. The van der Waals surface area contributed by atoms with Crippen molar-refractivity contribution in [2.45, 2.75) is 0 Å². The van der Waals surface area contributed by atoms with Crippen molar-refractivity contribution in [2.75, 3.05) is 30.0 Å². The predicted octanol–water partition coefficient (Wildman–Crippen LogP) is 1.20. The van der Waals surface area contributed by atoms with Gasteiger partial charge >= 0.3 is 0 Å². The molecule has 2 aromatic rings. The summed E-state index contributed by atoms with van der Waals surface area (Å²) < 4.78 is 24.8. The van der Waals surface area contributed by atoms with Crippen molar-refractivity contribution in [3.05, 3.63) is 59.7 Å². The van der Waals surface area contributed by atoms with Crippen molar-refractivity contribution in [3.8, 4) is 0 Å². The van der Waals surface area contributed by atoms with Gasteiger partial charge in [0.05, 0.1) is 6.26 Å². The zero-order valence-corrected chi connectivity index (χ0v) is 15.4. The second kappa shape index (κ2) is 7.87. The van der Waals surface area contributed by atoms with Gasteiger partial charge in [0.2, 0.25) is 10.0 Å². The van der Waals surface area contributed by atoms with E-state index in [0.717, 1.165) is 11.9 Å². The Morgan fingerprint density at radius 2 is 1.42 bits per heavy atom. The van der Waals surface area contributed by atoms with Crippen LogP contribution in [-0.2, 0) is 10.0 Å². The van der Waals surface area contributed by atoms with E-state index in [2.05, 4.69) is 15.6 Å². The molecule has 9 heteroatoms. The quantitative estimate of drug-likeness (QED) is 0.680. The third kappa shape index (κ3) is 5.49. The molecular formula is C17H20N4O4S. The molecule has 2 aromatic carbocycles. The van der Waals surface area contributed by atoms with Gasteiger partial charge in [0, 0.05) is 36.6 Å². The number of amides is 2. The maximum Gasteiger partial charge on any atom is 0.269 e. The van der Waals surface area contributed by atoms with Crippen molar-refractivity contribution < 1.29 is 18.0 Å². The predicted molar refractivity (Wildman–Crippen MR) is 101 cm³/mol. The van der Waals surface area contributed by atoms with Crippen LogP contribution in [0.1, 0.15) is 20.7 Å². The highest BCUT2D eigenvalue weighted by molar-refractivity contribution is 7.92. The van der Waals surface area contributed by atoms with Gasteiger partial charge in [0.15, 0.2) is 0 Å². The number of carbonyl (C=O) groups excluding carboxylic acids is 2. The first-order valence-corrected chi connectivity index (χ1v) is 9.51. The van der Waals surface area contributed by atoms with Gasteiger partial charge in [0.25, 0.3) is 11.8 Å². The van der Waals surface area contributed by atoms with E-state index in [1.807, 2.05) is 25.1 Å². The Kier molecular flexibility index (Phi) is 5.83. The van der Waals surface area contributed by atoms with E-state index in [9.17, 15) is 18.0 Å². The van der Waals surface area contributed by atoms with Crippen LogP contribution in [0, 0.1) is 0 Å². The maximum absolute atomic E-state index is 12.2. The fourth-order valence-electron chi connectivity index (χ4n) is 2.12. The van der Waals surface area contributed by atoms with E-state index >= 15 is 0 Å². The molecule has 0 unspecified atom stereocenters. The summed E-state index contributed by atoms with van der Waals surface area (Å²) >= 11 is 0. The second-order valence-electron chi connectivity index (χ2n) is 5.81. The van der Waals surface area contributed by atoms with Crippen molar-refractivity contribution in [2.24, 2.45) is 0 Å². The standard InChI is InChI=1S/C17H20N4O4S/c1-21(2)15-9-5-7-13(11-15)17(23)19-18-16(22)12-6-4-8-14(10-12)20-26(3,24)25/h4-11,20H,1-3H3,(H,18,22)(H,19,23). The molecule has 0 aliphatic rings. The first kappa shape index (κ1) is 19.3. The summed E-state index contributed by atoms with van der Waals surface area (Å²) in [6.45, 7) is 0. The van der Waals surface area contributed by atoms with Crippen molar-refractivity contribution in [1.82, 2.24) is 10.9 Å². The summed E-state index contributed by atoms with van der Waals surface area (Å²) in [5.41, 5.74) is 6.34. The Morgan fingerprint density at radius 1 is 0.885 bits per heavy atom. The molecule has 3 N–H and O–H groups in total. The van der Waals surface area contributed by atoms with Crippen LogP contribution in [0.5, 0.6) is 0 Å². The van der Waals surface area contributed by atoms with Gasteiger partial charge in [-0.25, -0.2) is 8.42 Å². The van der Waals surface area contributed by atoms with Crippen molar-refractivity contribution in [1.29, 1.82) is 0 Å². The minimum atomic E-state index is -3.45. The van der Waals surface area contributed by atoms with Crippen LogP contribution in [-0.4, -0.2) is 40.6 Å². The fraction of sp³-hybridized carbons (Fsp3) is 0.176. The van der Waals surface area contributed by atoms with Crippen LogP contribution in [0.4, 0.5) is 11.4 Å². The van der Waals surface area contributed by atoms with Gasteiger partial charge in [-0.15, -0.1) is 0 Å². The number of carbonyl (C=O) groups is 2. The highest BCUT2D eigenvalue weighted by Crippen LogP contribution is 2.13. The number of sulfonamides is 1. The lowest BCUT2D eigenvalue weighted by atomic mass is 10.2. The molecule has 0 saturated carbocycles. The molecule has 0 aliphatic heterocycles. The molecule has 0 heterocycles. The second-order valence-corrected chi connectivity index (χ2v) is 7.56. The van der Waals surface area contributed by atoms with E-state index in [0.29, 0.717) is 5.56 Å². The van der Waals surface area contributed by atoms with Crippen LogP contribution < -0.4 is 20.5 Å². The van der Waals surface area contributed by atoms with Gasteiger partial charge in [-0.2, -0.15) is 0 Å². The summed E-state index contributed by atoms with van der Waals surface area (Å²) in [7, 11) is 0.267. The molecule has 138 valence electrons. The average molecular weight is 376 g/mol. The molecule has 0 fully saturated rings. The summed E-state index contributed by atoms with van der Waals surface area (Å²) in [5, 5.41) is 0. The smallest absolute Gasteiger partial charge is 0.269 e. The number of rotatable bonds is 5.